The number of likely N-dealkylation sites (N-methyl/N-ethyl adjacent to an activating group) is 1. The second kappa shape index (κ2) is 7.69. The van der Waals surface area contributed by atoms with Gasteiger partial charge in [-0.25, -0.2) is 0 Å². The van der Waals surface area contributed by atoms with Crippen LogP contribution in [0, 0.1) is 6.92 Å². The maximum Gasteiger partial charge on any atom is 0.260 e. The lowest BCUT2D eigenvalue weighted by Crippen LogP contribution is -2.43. The molecule has 116 valence electrons. The fourth-order valence-corrected chi connectivity index (χ4v) is 3.15. The Morgan fingerprint density at radius 3 is 2.71 bits per heavy atom. The minimum atomic E-state index is 0.0574. The van der Waals surface area contributed by atoms with Crippen LogP contribution in [-0.4, -0.2) is 30.0 Å². The van der Waals surface area contributed by atoms with Crippen LogP contribution in [0.5, 0.6) is 5.75 Å². The number of amides is 1. The van der Waals surface area contributed by atoms with Crippen LogP contribution in [0.3, 0.4) is 0 Å². The van der Waals surface area contributed by atoms with Crippen molar-refractivity contribution in [3.63, 3.8) is 0 Å². The largest absolute Gasteiger partial charge is 0.482 e. The molecule has 0 N–H and O–H groups in total. The number of halogens is 1. The molecule has 1 amide bonds. The maximum absolute atomic E-state index is 12.4. The average Bonchev–Trinajstić information content (AvgIpc) is 2.50. The molecule has 0 radical (unpaired) electrons. The zero-order valence-corrected chi connectivity index (χ0v) is 13.7. The number of hydrogen-bond acceptors (Lipinski definition) is 2. The third kappa shape index (κ3) is 4.37. The van der Waals surface area contributed by atoms with Gasteiger partial charge in [-0.1, -0.05) is 36.9 Å². The van der Waals surface area contributed by atoms with Gasteiger partial charge in [0.05, 0.1) is 5.02 Å². The van der Waals surface area contributed by atoms with Crippen molar-refractivity contribution in [1.29, 1.82) is 0 Å². The predicted molar refractivity (Wildman–Crippen MR) is 85.9 cm³/mol. The summed E-state index contributed by atoms with van der Waals surface area (Å²) in [6.07, 6.45) is 5.96. The topological polar surface area (TPSA) is 29.5 Å². The molecular weight excluding hydrogens is 286 g/mol. The molecule has 21 heavy (non-hydrogen) atoms. The van der Waals surface area contributed by atoms with Crippen LogP contribution in [0.15, 0.2) is 18.2 Å². The van der Waals surface area contributed by atoms with E-state index >= 15 is 0 Å². The Hall–Kier alpha value is -1.22. The maximum atomic E-state index is 12.4. The lowest BCUT2D eigenvalue weighted by molar-refractivity contribution is -0.136. The van der Waals surface area contributed by atoms with Crippen molar-refractivity contribution < 1.29 is 9.53 Å². The van der Waals surface area contributed by atoms with E-state index in [4.69, 9.17) is 16.3 Å². The first-order chi connectivity index (χ1) is 10.1. The van der Waals surface area contributed by atoms with Crippen molar-refractivity contribution in [2.24, 2.45) is 0 Å². The van der Waals surface area contributed by atoms with Gasteiger partial charge in [0, 0.05) is 12.6 Å². The number of ether oxygens (including phenoxy) is 1. The Balaban J connectivity index is 1.94. The fourth-order valence-electron chi connectivity index (χ4n) is 2.97. The number of nitrogens with zero attached hydrogens (tertiary/aromatic N) is 1. The lowest BCUT2D eigenvalue weighted by atomic mass is 9.94. The number of carbonyl (C=O) groups is 1. The van der Waals surface area contributed by atoms with Gasteiger partial charge in [0.1, 0.15) is 5.75 Å². The Bertz CT molecular complexity index is 484. The molecule has 0 saturated heterocycles. The summed E-state index contributed by atoms with van der Waals surface area (Å²) in [6, 6.07) is 5.98. The number of hydrogen-bond donors (Lipinski definition) is 0. The highest BCUT2D eigenvalue weighted by Crippen LogP contribution is 2.26. The van der Waals surface area contributed by atoms with Crippen LogP contribution in [-0.2, 0) is 4.79 Å². The third-order valence-electron chi connectivity index (χ3n) is 4.11. The summed E-state index contributed by atoms with van der Waals surface area (Å²) in [7, 11) is 0. The van der Waals surface area contributed by atoms with Gasteiger partial charge in [0.15, 0.2) is 6.61 Å². The van der Waals surface area contributed by atoms with Gasteiger partial charge in [-0.3, -0.25) is 4.79 Å². The van der Waals surface area contributed by atoms with E-state index in [-0.39, 0.29) is 12.5 Å². The Morgan fingerprint density at radius 1 is 1.33 bits per heavy atom. The molecule has 1 saturated carbocycles. The molecule has 0 aliphatic heterocycles. The molecule has 0 atom stereocenters. The van der Waals surface area contributed by atoms with Crippen LogP contribution >= 0.6 is 11.6 Å². The highest BCUT2D eigenvalue weighted by Gasteiger charge is 2.24. The van der Waals surface area contributed by atoms with Gasteiger partial charge >= 0.3 is 0 Å². The monoisotopic (exact) mass is 309 g/mol. The molecule has 1 aromatic carbocycles. The fraction of sp³-hybridized carbons (Fsp3) is 0.588. The predicted octanol–water partition coefficient (Wildman–Crippen LogP) is 4.21. The lowest BCUT2D eigenvalue weighted by Gasteiger charge is -2.33. The Labute approximate surface area is 132 Å². The third-order valence-corrected chi connectivity index (χ3v) is 4.43. The minimum absolute atomic E-state index is 0.0574. The smallest absolute Gasteiger partial charge is 0.260 e. The standard InChI is InChI=1S/C17H24ClNO2/c1-3-19(14-7-5-4-6-8-14)17(20)12-21-16-11-13(2)9-10-15(16)18/h9-11,14H,3-8,12H2,1-2H3. The minimum Gasteiger partial charge on any atom is -0.482 e. The zero-order valence-electron chi connectivity index (χ0n) is 12.9. The first-order valence-electron chi connectivity index (χ1n) is 7.80. The molecular formula is C17H24ClNO2. The quantitative estimate of drug-likeness (QED) is 0.815. The summed E-state index contributed by atoms with van der Waals surface area (Å²) in [6.45, 7) is 4.82. The summed E-state index contributed by atoms with van der Waals surface area (Å²) in [5.74, 6) is 0.645. The summed E-state index contributed by atoms with van der Waals surface area (Å²) in [4.78, 5) is 14.4. The normalized spacial score (nSPS) is 15.8. The van der Waals surface area contributed by atoms with Gasteiger partial charge in [-0.05, 0) is 44.4 Å². The molecule has 2 rings (SSSR count). The van der Waals surface area contributed by atoms with E-state index < -0.39 is 0 Å². The molecule has 1 aliphatic rings. The van der Waals surface area contributed by atoms with E-state index in [0.717, 1.165) is 24.9 Å². The molecule has 4 heteroatoms. The number of rotatable bonds is 5. The van der Waals surface area contributed by atoms with Crippen molar-refractivity contribution in [1.82, 2.24) is 4.90 Å². The second-order valence-electron chi connectivity index (χ2n) is 5.69. The summed E-state index contributed by atoms with van der Waals surface area (Å²) in [5, 5.41) is 0.550. The number of carbonyl (C=O) groups excluding carboxylic acids is 1. The molecule has 0 heterocycles. The molecule has 0 unspecified atom stereocenters. The summed E-state index contributed by atoms with van der Waals surface area (Å²) in [5.41, 5.74) is 1.07. The van der Waals surface area contributed by atoms with Crippen LogP contribution in [0.2, 0.25) is 5.02 Å². The van der Waals surface area contributed by atoms with Crippen molar-refractivity contribution in [3.8, 4) is 5.75 Å². The molecule has 0 spiro atoms. The Morgan fingerprint density at radius 2 is 2.05 bits per heavy atom. The highest BCUT2D eigenvalue weighted by atomic mass is 35.5. The second-order valence-corrected chi connectivity index (χ2v) is 6.10. The first kappa shape index (κ1) is 16.2. The molecule has 1 fully saturated rings. The van der Waals surface area contributed by atoms with E-state index in [1.54, 1.807) is 6.07 Å². The van der Waals surface area contributed by atoms with E-state index in [0.29, 0.717) is 16.8 Å². The van der Waals surface area contributed by atoms with E-state index in [2.05, 4.69) is 0 Å². The Kier molecular flexibility index (Phi) is 5.92. The van der Waals surface area contributed by atoms with Gasteiger partial charge < -0.3 is 9.64 Å². The van der Waals surface area contributed by atoms with Gasteiger partial charge in [0.25, 0.3) is 5.91 Å². The zero-order chi connectivity index (χ0) is 15.2. The highest BCUT2D eigenvalue weighted by molar-refractivity contribution is 6.32. The van der Waals surface area contributed by atoms with E-state index in [9.17, 15) is 4.79 Å². The van der Waals surface area contributed by atoms with Crippen LogP contribution < -0.4 is 4.74 Å². The van der Waals surface area contributed by atoms with Crippen molar-refractivity contribution >= 4 is 17.5 Å². The van der Waals surface area contributed by atoms with Gasteiger partial charge in [-0.15, -0.1) is 0 Å². The number of aryl methyl sites for hydroxylation is 1. The summed E-state index contributed by atoms with van der Waals surface area (Å²) < 4.78 is 5.63. The SMILES string of the molecule is CCN(C(=O)COc1cc(C)ccc1Cl)C1CCCCC1. The average molecular weight is 310 g/mol. The van der Waals surface area contributed by atoms with E-state index in [1.807, 2.05) is 30.9 Å². The molecule has 3 nitrogen and oxygen atoms in total. The van der Waals surface area contributed by atoms with Crippen molar-refractivity contribution in [2.75, 3.05) is 13.2 Å². The van der Waals surface area contributed by atoms with Crippen molar-refractivity contribution in [2.45, 2.75) is 52.0 Å². The van der Waals surface area contributed by atoms with Gasteiger partial charge in [0.2, 0.25) is 0 Å². The van der Waals surface area contributed by atoms with E-state index in [1.165, 1.54) is 19.3 Å². The first-order valence-corrected chi connectivity index (χ1v) is 8.18. The van der Waals surface area contributed by atoms with Crippen LogP contribution in [0.1, 0.15) is 44.6 Å². The molecule has 0 bridgehead atoms. The summed E-state index contributed by atoms with van der Waals surface area (Å²) >= 11 is 6.09. The molecule has 1 aliphatic carbocycles. The van der Waals surface area contributed by atoms with Crippen molar-refractivity contribution in [3.05, 3.63) is 28.8 Å². The van der Waals surface area contributed by atoms with Crippen LogP contribution in [0.25, 0.3) is 0 Å². The molecule has 0 aromatic heterocycles. The molecule has 1 aromatic rings. The number of benzene rings is 1. The van der Waals surface area contributed by atoms with Gasteiger partial charge in [-0.2, -0.15) is 0 Å². The van der Waals surface area contributed by atoms with Crippen LogP contribution in [0.4, 0.5) is 0 Å².